The molecule has 0 saturated heterocycles. The van der Waals surface area contributed by atoms with E-state index in [4.69, 9.17) is 4.74 Å². The van der Waals surface area contributed by atoms with Crippen LogP contribution in [0.5, 0.6) is 5.75 Å². The maximum Gasteiger partial charge on any atom is 0.251 e. The van der Waals surface area contributed by atoms with Gasteiger partial charge in [-0.05, 0) is 42.3 Å². The highest BCUT2D eigenvalue weighted by atomic mass is 127. The van der Waals surface area contributed by atoms with Crippen molar-refractivity contribution < 1.29 is 9.53 Å². The van der Waals surface area contributed by atoms with Gasteiger partial charge in [0.05, 0.1) is 7.11 Å². The topological polar surface area (TPSA) is 74.8 Å². The zero-order valence-corrected chi connectivity index (χ0v) is 19.9. The van der Waals surface area contributed by atoms with Crippen molar-refractivity contribution in [3.8, 4) is 5.75 Å². The van der Waals surface area contributed by atoms with Gasteiger partial charge in [0.1, 0.15) is 5.75 Å². The molecule has 0 atom stereocenters. The number of ether oxygens (including phenoxy) is 1. The minimum absolute atomic E-state index is 0. The summed E-state index contributed by atoms with van der Waals surface area (Å²) in [6.45, 7) is 1.85. The molecule has 0 fully saturated rings. The summed E-state index contributed by atoms with van der Waals surface area (Å²) in [6, 6.07) is 15.3. The van der Waals surface area contributed by atoms with Gasteiger partial charge in [-0.1, -0.05) is 34.1 Å². The molecular formula is C20H26BrIN4O2. The van der Waals surface area contributed by atoms with Gasteiger partial charge in [-0.2, -0.15) is 0 Å². The Morgan fingerprint density at radius 1 is 1.04 bits per heavy atom. The van der Waals surface area contributed by atoms with E-state index in [1.165, 1.54) is 5.56 Å². The maximum absolute atomic E-state index is 12.1. The van der Waals surface area contributed by atoms with Crippen LogP contribution < -0.4 is 20.7 Å². The van der Waals surface area contributed by atoms with E-state index in [1.807, 2.05) is 36.4 Å². The molecule has 0 aliphatic heterocycles. The molecule has 0 spiro atoms. The second-order valence-electron chi connectivity index (χ2n) is 5.79. The van der Waals surface area contributed by atoms with Crippen LogP contribution in [-0.4, -0.2) is 45.7 Å². The van der Waals surface area contributed by atoms with E-state index in [0.717, 1.165) is 23.2 Å². The van der Waals surface area contributed by atoms with Crippen LogP contribution in [-0.2, 0) is 6.42 Å². The van der Waals surface area contributed by atoms with E-state index >= 15 is 0 Å². The monoisotopic (exact) mass is 560 g/mol. The number of aliphatic imine (C=N–C) groups is 1. The predicted molar refractivity (Wildman–Crippen MR) is 128 cm³/mol. The molecule has 6 nitrogen and oxygen atoms in total. The fourth-order valence-electron chi connectivity index (χ4n) is 2.43. The summed E-state index contributed by atoms with van der Waals surface area (Å²) in [5.41, 5.74) is 1.85. The highest BCUT2D eigenvalue weighted by molar-refractivity contribution is 14.0. The SMILES string of the molecule is CN=C(NCCNC(=O)c1cccc(Br)c1)NCCc1ccc(OC)cc1.I. The molecule has 2 rings (SSSR count). The molecule has 0 radical (unpaired) electrons. The van der Waals surface area contributed by atoms with Gasteiger partial charge in [0.15, 0.2) is 5.96 Å². The van der Waals surface area contributed by atoms with E-state index in [9.17, 15) is 4.79 Å². The standard InChI is InChI=1S/C20H25BrN4O2.HI/c1-22-20(24-11-10-15-6-8-18(27-2)9-7-15)25-13-12-23-19(26)16-4-3-5-17(21)14-16;/h3-9,14H,10-13H2,1-2H3,(H,23,26)(H2,22,24,25);1H. The lowest BCUT2D eigenvalue weighted by Crippen LogP contribution is -2.42. The molecule has 0 aliphatic rings. The number of carbonyl (C=O) groups is 1. The van der Waals surface area contributed by atoms with Gasteiger partial charge in [-0.15, -0.1) is 24.0 Å². The molecule has 2 aromatic carbocycles. The van der Waals surface area contributed by atoms with Crippen LogP contribution in [0, 0.1) is 0 Å². The Kier molecular flexibility index (Phi) is 11.6. The van der Waals surface area contributed by atoms with Gasteiger partial charge in [0.2, 0.25) is 0 Å². The van der Waals surface area contributed by atoms with Crippen molar-refractivity contribution in [2.45, 2.75) is 6.42 Å². The summed E-state index contributed by atoms with van der Waals surface area (Å²) < 4.78 is 6.04. The number of halogens is 2. The van der Waals surface area contributed by atoms with Crippen molar-refractivity contribution in [3.05, 3.63) is 64.1 Å². The molecule has 2 aromatic rings. The van der Waals surface area contributed by atoms with Gasteiger partial charge >= 0.3 is 0 Å². The van der Waals surface area contributed by atoms with Crippen LogP contribution in [0.25, 0.3) is 0 Å². The van der Waals surface area contributed by atoms with Crippen LogP contribution in [0.15, 0.2) is 58.0 Å². The largest absolute Gasteiger partial charge is 0.497 e. The minimum atomic E-state index is -0.0967. The number of amides is 1. The summed E-state index contributed by atoms with van der Waals surface area (Å²) >= 11 is 3.37. The smallest absolute Gasteiger partial charge is 0.251 e. The highest BCUT2D eigenvalue weighted by Gasteiger charge is 2.05. The van der Waals surface area contributed by atoms with Gasteiger partial charge in [-0.3, -0.25) is 9.79 Å². The van der Waals surface area contributed by atoms with Gasteiger partial charge in [0.25, 0.3) is 5.91 Å². The third-order valence-corrected chi connectivity index (χ3v) is 4.37. The number of carbonyl (C=O) groups excluding carboxylic acids is 1. The fourth-order valence-corrected chi connectivity index (χ4v) is 2.83. The normalized spacial score (nSPS) is 10.6. The molecule has 3 N–H and O–H groups in total. The van der Waals surface area contributed by atoms with Crippen molar-refractivity contribution in [2.24, 2.45) is 4.99 Å². The Morgan fingerprint density at radius 2 is 1.71 bits per heavy atom. The summed E-state index contributed by atoms with van der Waals surface area (Å²) in [7, 11) is 3.39. The number of methoxy groups -OCH3 is 1. The Morgan fingerprint density at radius 3 is 2.36 bits per heavy atom. The van der Waals surface area contributed by atoms with Crippen molar-refractivity contribution >= 4 is 51.8 Å². The summed E-state index contributed by atoms with van der Waals surface area (Å²) in [4.78, 5) is 16.3. The zero-order valence-electron chi connectivity index (χ0n) is 16.0. The van der Waals surface area contributed by atoms with Gasteiger partial charge < -0.3 is 20.7 Å². The minimum Gasteiger partial charge on any atom is -0.497 e. The Bertz CT molecular complexity index is 769. The molecule has 0 saturated carbocycles. The van der Waals surface area contributed by atoms with Crippen molar-refractivity contribution in [3.63, 3.8) is 0 Å². The number of hydrogen-bond donors (Lipinski definition) is 3. The average Bonchev–Trinajstić information content (AvgIpc) is 2.70. The Balaban J connectivity index is 0.00000392. The molecule has 1 amide bonds. The first-order chi connectivity index (χ1) is 13.1. The molecule has 152 valence electrons. The Hall–Kier alpha value is -1.81. The first kappa shape index (κ1) is 24.2. The molecule has 8 heteroatoms. The lowest BCUT2D eigenvalue weighted by atomic mass is 10.1. The quantitative estimate of drug-likeness (QED) is 0.201. The Labute approximate surface area is 191 Å². The third kappa shape index (κ3) is 8.47. The third-order valence-electron chi connectivity index (χ3n) is 3.88. The fraction of sp³-hybridized carbons (Fsp3) is 0.300. The second-order valence-corrected chi connectivity index (χ2v) is 6.71. The van der Waals surface area contributed by atoms with Crippen LogP contribution >= 0.6 is 39.9 Å². The van der Waals surface area contributed by atoms with Crippen LogP contribution in [0.1, 0.15) is 15.9 Å². The number of rotatable bonds is 8. The maximum atomic E-state index is 12.1. The molecule has 0 aliphatic carbocycles. The molecule has 28 heavy (non-hydrogen) atoms. The number of nitrogens with zero attached hydrogens (tertiary/aromatic N) is 1. The van der Waals surface area contributed by atoms with Crippen molar-refractivity contribution in [2.75, 3.05) is 33.8 Å². The average molecular weight is 561 g/mol. The van der Waals surface area contributed by atoms with Crippen molar-refractivity contribution in [1.82, 2.24) is 16.0 Å². The molecule has 0 bridgehead atoms. The summed E-state index contributed by atoms with van der Waals surface area (Å²) in [5, 5.41) is 9.33. The highest BCUT2D eigenvalue weighted by Crippen LogP contribution is 2.12. The van der Waals surface area contributed by atoms with Crippen LogP contribution in [0.2, 0.25) is 0 Å². The van der Waals surface area contributed by atoms with E-state index in [1.54, 1.807) is 26.3 Å². The predicted octanol–water partition coefficient (Wildman–Crippen LogP) is 3.21. The number of benzene rings is 2. The molecule has 0 unspecified atom stereocenters. The summed E-state index contributed by atoms with van der Waals surface area (Å²) in [6.07, 6.45) is 0.879. The van der Waals surface area contributed by atoms with Crippen molar-refractivity contribution in [1.29, 1.82) is 0 Å². The first-order valence-electron chi connectivity index (χ1n) is 8.73. The van der Waals surface area contributed by atoms with E-state index in [0.29, 0.717) is 24.6 Å². The van der Waals surface area contributed by atoms with Crippen LogP contribution in [0.4, 0.5) is 0 Å². The van der Waals surface area contributed by atoms with Gasteiger partial charge in [-0.25, -0.2) is 0 Å². The number of hydrogen-bond acceptors (Lipinski definition) is 3. The molecular weight excluding hydrogens is 535 g/mol. The van der Waals surface area contributed by atoms with E-state index < -0.39 is 0 Å². The van der Waals surface area contributed by atoms with Crippen LogP contribution in [0.3, 0.4) is 0 Å². The summed E-state index contributed by atoms with van der Waals surface area (Å²) in [5.74, 6) is 1.47. The lowest BCUT2D eigenvalue weighted by molar-refractivity contribution is 0.0954. The zero-order chi connectivity index (χ0) is 19.5. The first-order valence-corrected chi connectivity index (χ1v) is 9.53. The number of guanidine groups is 1. The molecule has 0 heterocycles. The van der Waals surface area contributed by atoms with Gasteiger partial charge in [0, 0.05) is 36.7 Å². The molecule has 0 aromatic heterocycles. The second kappa shape index (κ2) is 13.4. The number of nitrogens with one attached hydrogen (secondary N) is 3. The van der Waals surface area contributed by atoms with E-state index in [-0.39, 0.29) is 29.9 Å². The van der Waals surface area contributed by atoms with E-state index in [2.05, 4.69) is 36.9 Å². The lowest BCUT2D eigenvalue weighted by Gasteiger charge is -2.12.